The summed E-state index contributed by atoms with van der Waals surface area (Å²) in [6.07, 6.45) is -3.91. The standard InChI is InChI=1S/C10H15F3N4O/c1-3-4-7-15-8(17-16-7)9(18)14-6(2)5-10(11,12)13/h6H,3-5H2,1-2H3,(H,14,18)(H,15,16,17). The van der Waals surface area contributed by atoms with Crippen LogP contribution >= 0.6 is 0 Å². The first kappa shape index (κ1) is 14.5. The lowest BCUT2D eigenvalue weighted by molar-refractivity contribution is -0.138. The Labute approximate surface area is 102 Å². The van der Waals surface area contributed by atoms with Gasteiger partial charge in [-0.2, -0.15) is 13.2 Å². The molecule has 0 aliphatic carbocycles. The van der Waals surface area contributed by atoms with Gasteiger partial charge in [0.2, 0.25) is 5.82 Å². The van der Waals surface area contributed by atoms with E-state index in [1.54, 1.807) is 0 Å². The minimum atomic E-state index is -4.31. The van der Waals surface area contributed by atoms with Crippen molar-refractivity contribution >= 4 is 5.91 Å². The van der Waals surface area contributed by atoms with Gasteiger partial charge < -0.3 is 5.32 Å². The lowest BCUT2D eigenvalue weighted by Gasteiger charge is -2.14. The monoisotopic (exact) mass is 264 g/mol. The first-order chi connectivity index (χ1) is 8.31. The molecule has 0 saturated carbocycles. The zero-order valence-corrected chi connectivity index (χ0v) is 10.1. The maximum absolute atomic E-state index is 12.1. The van der Waals surface area contributed by atoms with Crippen molar-refractivity contribution in [2.24, 2.45) is 0 Å². The van der Waals surface area contributed by atoms with Crippen LogP contribution in [0.2, 0.25) is 0 Å². The lowest BCUT2D eigenvalue weighted by Crippen LogP contribution is -2.36. The normalized spacial score (nSPS) is 13.4. The average molecular weight is 264 g/mol. The van der Waals surface area contributed by atoms with Gasteiger partial charge in [-0.25, -0.2) is 4.98 Å². The second-order valence-corrected chi connectivity index (χ2v) is 4.05. The molecular formula is C10H15F3N4O. The van der Waals surface area contributed by atoms with Gasteiger partial charge in [0.1, 0.15) is 5.82 Å². The minimum Gasteiger partial charge on any atom is -0.346 e. The molecule has 0 aromatic carbocycles. The quantitative estimate of drug-likeness (QED) is 0.852. The van der Waals surface area contributed by atoms with Gasteiger partial charge in [0.15, 0.2) is 0 Å². The van der Waals surface area contributed by atoms with Crippen molar-refractivity contribution in [2.45, 2.75) is 45.3 Å². The van der Waals surface area contributed by atoms with Crippen molar-refractivity contribution in [3.8, 4) is 0 Å². The molecule has 8 heteroatoms. The number of rotatable bonds is 5. The summed E-state index contributed by atoms with van der Waals surface area (Å²) in [5.74, 6) is -0.288. The van der Waals surface area contributed by atoms with Crippen LogP contribution in [0.15, 0.2) is 0 Å². The zero-order valence-electron chi connectivity index (χ0n) is 10.1. The van der Waals surface area contributed by atoms with Gasteiger partial charge in [-0.15, -0.1) is 5.10 Å². The number of aromatic nitrogens is 3. The van der Waals surface area contributed by atoms with Crippen molar-refractivity contribution in [3.63, 3.8) is 0 Å². The molecule has 1 amide bonds. The molecule has 0 radical (unpaired) electrons. The second-order valence-electron chi connectivity index (χ2n) is 4.05. The first-order valence-corrected chi connectivity index (χ1v) is 5.60. The molecule has 5 nitrogen and oxygen atoms in total. The molecule has 2 N–H and O–H groups in total. The van der Waals surface area contributed by atoms with Gasteiger partial charge >= 0.3 is 6.18 Å². The number of alkyl halides is 3. The number of halogens is 3. The van der Waals surface area contributed by atoms with E-state index in [-0.39, 0.29) is 5.82 Å². The van der Waals surface area contributed by atoms with Crippen LogP contribution in [0, 0.1) is 0 Å². The van der Waals surface area contributed by atoms with E-state index >= 15 is 0 Å². The molecule has 0 fully saturated rings. The van der Waals surface area contributed by atoms with Gasteiger partial charge in [-0.1, -0.05) is 6.92 Å². The van der Waals surface area contributed by atoms with E-state index in [2.05, 4.69) is 20.5 Å². The van der Waals surface area contributed by atoms with Crippen LogP contribution in [0.5, 0.6) is 0 Å². The van der Waals surface area contributed by atoms with Gasteiger partial charge in [0.05, 0.1) is 6.42 Å². The Kier molecular flexibility index (Phi) is 4.69. The van der Waals surface area contributed by atoms with Gasteiger partial charge in [0.25, 0.3) is 5.91 Å². The highest BCUT2D eigenvalue weighted by Gasteiger charge is 2.31. The number of carbonyl (C=O) groups excluding carboxylic acids is 1. The smallest absolute Gasteiger partial charge is 0.346 e. The van der Waals surface area contributed by atoms with Gasteiger partial charge in [0, 0.05) is 12.5 Å². The van der Waals surface area contributed by atoms with E-state index in [1.165, 1.54) is 6.92 Å². The summed E-state index contributed by atoms with van der Waals surface area (Å²) in [5.41, 5.74) is 0. The number of nitrogens with zero attached hydrogens (tertiary/aromatic N) is 2. The molecule has 0 bridgehead atoms. The van der Waals surface area contributed by atoms with Crippen molar-refractivity contribution in [1.29, 1.82) is 0 Å². The van der Waals surface area contributed by atoms with Crippen molar-refractivity contribution in [2.75, 3.05) is 0 Å². The molecular weight excluding hydrogens is 249 g/mol. The van der Waals surface area contributed by atoms with Crippen LogP contribution in [0.3, 0.4) is 0 Å². The Hall–Kier alpha value is -1.60. The third-order valence-corrected chi connectivity index (χ3v) is 2.14. The van der Waals surface area contributed by atoms with Crippen molar-refractivity contribution < 1.29 is 18.0 Å². The van der Waals surface area contributed by atoms with Crippen LogP contribution in [-0.4, -0.2) is 33.3 Å². The second kappa shape index (κ2) is 5.83. The summed E-state index contributed by atoms with van der Waals surface area (Å²) in [6, 6.07) is -1.01. The summed E-state index contributed by atoms with van der Waals surface area (Å²) in [6.45, 7) is 3.22. The molecule has 1 aromatic heterocycles. The number of nitrogens with one attached hydrogen (secondary N) is 2. The number of hydrogen-bond acceptors (Lipinski definition) is 3. The third-order valence-electron chi connectivity index (χ3n) is 2.14. The number of aromatic amines is 1. The summed E-state index contributed by atoms with van der Waals surface area (Å²) in [5, 5.41) is 8.42. The molecule has 102 valence electrons. The Morgan fingerprint density at radius 3 is 2.72 bits per heavy atom. The van der Waals surface area contributed by atoms with Gasteiger partial charge in [-0.3, -0.25) is 9.89 Å². The SMILES string of the molecule is CCCc1nc(C(=O)NC(C)CC(F)(F)F)n[nH]1. The van der Waals surface area contributed by atoms with E-state index in [4.69, 9.17) is 0 Å². The maximum atomic E-state index is 12.1. The highest BCUT2D eigenvalue weighted by Crippen LogP contribution is 2.21. The molecule has 1 unspecified atom stereocenters. The van der Waals surface area contributed by atoms with Crippen LogP contribution < -0.4 is 5.32 Å². The molecule has 0 aliphatic rings. The van der Waals surface area contributed by atoms with E-state index in [1.807, 2.05) is 6.92 Å². The van der Waals surface area contributed by atoms with Crippen LogP contribution in [0.25, 0.3) is 0 Å². The number of amides is 1. The predicted molar refractivity (Wildman–Crippen MR) is 58.0 cm³/mol. The van der Waals surface area contributed by atoms with Crippen LogP contribution in [0.1, 0.15) is 43.1 Å². The fraction of sp³-hybridized carbons (Fsp3) is 0.700. The fourth-order valence-corrected chi connectivity index (χ4v) is 1.43. The third kappa shape index (κ3) is 4.72. The largest absolute Gasteiger partial charge is 0.391 e. The fourth-order valence-electron chi connectivity index (χ4n) is 1.43. The van der Waals surface area contributed by atoms with Crippen molar-refractivity contribution in [3.05, 3.63) is 11.6 Å². The highest BCUT2D eigenvalue weighted by atomic mass is 19.4. The average Bonchev–Trinajstić information content (AvgIpc) is 2.63. The van der Waals surface area contributed by atoms with E-state index in [9.17, 15) is 18.0 Å². The van der Waals surface area contributed by atoms with Crippen LogP contribution in [0.4, 0.5) is 13.2 Å². The van der Waals surface area contributed by atoms with E-state index in [0.717, 1.165) is 6.42 Å². The molecule has 1 aromatic rings. The zero-order chi connectivity index (χ0) is 13.8. The van der Waals surface area contributed by atoms with Crippen molar-refractivity contribution in [1.82, 2.24) is 20.5 Å². The number of carbonyl (C=O) groups is 1. The number of H-pyrrole nitrogens is 1. The van der Waals surface area contributed by atoms with E-state index in [0.29, 0.717) is 12.2 Å². The van der Waals surface area contributed by atoms with Crippen LogP contribution in [-0.2, 0) is 6.42 Å². The van der Waals surface area contributed by atoms with Gasteiger partial charge in [-0.05, 0) is 13.3 Å². The lowest BCUT2D eigenvalue weighted by atomic mass is 10.2. The Morgan fingerprint density at radius 2 is 2.17 bits per heavy atom. The number of hydrogen-bond donors (Lipinski definition) is 2. The maximum Gasteiger partial charge on any atom is 0.391 e. The number of aryl methyl sites for hydroxylation is 1. The summed E-state index contributed by atoms with van der Waals surface area (Å²) in [4.78, 5) is 15.4. The Morgan fingerprint density at radius 1 is 1.50 bits per heavy atom. The summed E-state index contributed by atoms with van der Waals surface area (Å²) < 4.78 is 36.2. The topological polar surface area (TPSA) is 70.7 Å². The molecule has 0 spiro atoms. The molecule has 0 saturated heterocycles. The molecule has 1 atom stereocenters. The van der Waals surface area contributed by atoms with E-state index < -0.39 is 24.5 Å². The Bertz CT molecular complexity index is 402. The summed E-state index contributed by atoms with van der Waals surface area (Å²) in [7, 11) is 0. The predicted octanol–water partition coefficient (Wildman–Crippen LogP) is 1.83. The molecule has 18 heavy (non-hydrogen) atoms. The summed E-state index contributed by atoms with van der Waals surface area (Å²) >= 11 is 0. The first-order valence-electron chi connectivity index (χ1n) is 5.60. The highest BCUT2D eigenvalue weighted by molar-refractivity contribution is 5.90. The Balaban J connectivity index is 2.53. The molecule has 0 aliphatic heterocycles. The minimum absolute atomic E-state index is 0.132. The molecule has 1 rings (SSSR count). The molecule has 1 heterocycles.